The Hall–Kier alpha value is -3.50. The van der Waals surface area contributed by atoms with Gasteiger partial charge in [-0.05, 0) is 48.9 Å². The molecule has 0 spiro atoms. The summed E-state index contributed by atoms with van der Waals surface area (Å²) >= 11 is 1.86. The number of aromatic nitrogens is 1. The minimum atomic E-state index is 0.849. The number of pyridine rings is 1. The Morgan fingerprint density at radius 1 is 0.871 bits per heavy atom. The lowest BCUT2D eigenvalue weighted by atomic mass is 9.97. The Kier molecular flexibility index (Phi) is 3.34. The smallest absolute Gasteiger partial charge is 0.222 e. The molecule has 0 amide bonds. The summed E-state index contributed by atoms with van der Waals surface area (Å²) in [5, 5.41) is 4.73. The van der Waals surface area contributed by atoms with E-state index in [0.29, 0.717) is 0 Å². The molecule has 0 unspecified atom stereocenters. The average molecular weight is 421 g/mol. The molecule has 148 valence electrons. The maximum Gasteiger partial charge on any atom is 0.222 e. The van der Waals surface area contributed by atoms with E-state index in [0.717, 1.165) is 38.6 Å². The van der Waals surface area contributed by atoms with E-state index in [1.807, 2.05) is 23.9 Å². The first-order valence-electron chi connectivity index (χ1n) is 10.3. The second-order valence-corrected chi connectivity index (χ2v) is 9.24. The summed E-state index contributed by atoms with van der Waals surface area (Å²) in [6.07, 6.45) is 3.85. The van der Waals surface area contributed by atoms with Crippen molar-refractivity contribution in [2.24, 2.45) is 7.05 Å². The SMILES string of the molecule is Cc1cccc2c1-c1c3c(cc4c5ccc(-c6ccco6)cc5oc4c3cc[n+]1C)S2. The van der Waals surface area contributed by atoms with Crippen LogP contribution in [0.5, 0.6) is 0 Å². The van der Waals surface area contributed by atoms with Gasteiger partial charge in [0.1, 0.15) is 24.0 Å². The second kappa shape index (κ2) is 6.02. The van der Waals surface area contributed by atoms with Crippen molar-refractivity contribution >= 4 is 44.5 Å². The fourth-order valence-corrected chi connectivity index (χ4v) is 6.10. The zero-order valence-electron chi connectivity index (χ0n) is 17.1. The number of aryl methyl sites for hydroxylation is 2. The quantitative estimate of drug-likeness (QED) is 0.262. The van der Waals surface area contributed by atoms with Crippen LogP contribution in [0.2, 0.25) is 0 Å². The van der Waals surface area contributed by atoms with Crippen LogP contribution in [0.4, 0.5) is 0 Å². The van der Waals surface area contributed by atoms with Crippen molar-refractivity contribution in [3.63, 3.8) is 0 Å². The highest BCUT2D eigenvalue weighted by atomic mass is 32.2. The number of rotatable bonds is 1. The van der Waals surface area contributed by atoms with Gasteiger partial charge in [-0.25, -0.2) is 4.57 Å². The minimum absolute atomic E-state index is 0.849. The van der Waals surface area contributed by atoms with Crippen LogP contribution in [0.3, 0.4) is 0 Å². The molecule has 0 radical (unpaired) electrons. The van der Waals surface area contributed by atoms with Crippen LogP contribution in [-0.2, 0) is 7.05 Å². The molecule has 31 heavy (non-hydrogen) atoms. The van der Waals surface area contributed by atoms with E-state index >= 15 is 0 Å². The molecule has 6 aromatic rings. The van der Waals surface area contributed by atoms with Gasteiger partial charge in [0.25, 0.3) is 0 Å². The van der Waals surface area contributed by atoms with Gasteiger partial charge in [0.2, 0.25) is 5.69 Å². The van der Waals surface area contributed by atoms with Crippen molar-refractivity contribution in [1.82, 2.24) is 0 Å². The van der Waals surface area contributed by atoms with Gasteiger partial charge >= 0.3 is 0 Å². The molecule has 0 atom stereocenters. The van der Waals surface area contributed by atoms with Gasteiger partial charge in [-0.3, -0.25) is 0 Å². The van der Waals surface area contributed by atoms with Crippen LogP contribution in [0.1, 0.15) is 5.56 Å². The molecule has 4 heterocycles. The lowest BCUT2D eigenvalue weighted by Crippen LogP contribution is -2.31. The molecule has 0 N–H and O–H groups in total. The van der Waals surface area contributed by atoms with Gasteiger partial charge in [0.05, 0.1) is 17.2 Å². The molecule has 7 rings (SSSR count). The molecule has 3 aromatic carbocycles. The van der Waals surface area contributed by atoms with Crippen molar-refractivity contribution < 1.29 is 13.4 Å². The molecule has 3 aromatic heterocycles. The number of benzene rings is 3. The third-order valence-electron chi connectivity index (χ3n) is 6.32. The minimum Gasteiger partial charge on any atom is -0.464 e. The van der Waals surface area contributed by atoms with Gasteiger partial charge in [-0.15, -0.1) is 0 Å². The van der Waals surface area contributed by atoms with E-state index in [9.17, 15) is 0 Å². The Balaban J connectivity index is 1.60. The van der Waals surface area contributed by atoms with E-state index < -0.39 is 0 Å². The molecule has 0 aliphatic carbocycles. The predicted molar refractivity (Wildman–Crippen MR) is 124 cm³/mol. The average Bonchev–Trinajstić information content (AvgIpc) is 3.43. The van der Waals surface area contributed by atoms with Gasteiger partial charge < -0.3 is 8.83 Å². The summed E-state index contributed by atoms with van der Waals surface area (Å²) in [6.45, 7) is 2.19. The lowest BCUT2D eigenvalue weighted by molar-refractivity contribution is -0.659. The second-order valence-electron chi connectivity index (χ2n) is 8.16. The summed E-state index contributed by atoms with van der Waals surface area (Å²) in [6, 6.07) is 21.3. The van der Waals surface area contributed by atoms with E-state index in [2.05, 4.69) is 73.3 Å². The maximum absolute atomic E-state index is 6.48. The normalized spacial score (nSPS) is 12.7. The van der Waals surface area contributed by atoms with Crippen molar-refractivity contribution in [3.8, 4) is 22.6 Å². The molecule has 1 aliphatic heterocycles. The monoisotopic (exact) mass is 420 g/mol. The predicted octanol–water partition coefficient (Wildman–Crippen LogP) is 7.26. The Bertz CT molecular complexity index is 1680. The molecule has 3 nitrogen and oxygen atoms in total. The first-order chi connectivity index (χ1) is 15.2. The van der Waals surface area contributed by atoms with Crippen molar-refractivity contribution in [2.75, 3.05) is 0 Å². The largest absolute Gasteiger partial charge is 0.464 e. The molecular formula is C27H18NO2S+. The van der Waals surface area contributed by atoms with Crippen LogP contribution < -0.4 is 4.57 Å². The molecule has 0 saturated heterocycles. The molecule has 1 aliphatic rings. The van der Waals surface area contributed by atoms with Crippen LogP contribution in [0.15, 0.2) is 91.7 Å². The van der Waals surface area contributed by atoms with E-state index in [4.69, 9.17) is 8.83 Å². The Labute approximate surface area is 182 Å². The fraction of sp³-hybridized carbons (Fsp3) is 0.0741. The standard InChI is InChI=1S/C27H18NO2S/c1-15-5-3-7-22-24(15)26-25-18(10-11-28(26)2)27-19(14-23(25)31-22)17-9-8-16(13-21(17)30-27)20-6-4-12-29-20/h3-14H,1-2H3/q+1. The summed E-state index contributed by atoms with van der Waals surface area (Å²) in [5.74, 6) is 0.849. The topological polar surface area (TPSA) is 30.2 Å². The first kappa shape index (κ1) is 17.2. The summed E-state index contributed by atoms with van der Waals surface area (Å²) in [4.78, 5) is 2.59. The van der Waals surface area contributed by atoms with Crippen LogP contribution in [0.25, 0.3) is 55.3 Å². The van der Waals surface area contributed by atoms with Crippen molar-refractivity contribution in [1.29, 1.82) is 0 Å². The number of furan rings is 2. The number of hydrogen-bond acceptors (Lipinski definition) is 3. The van der Waals surface area contributed by atoms with E-state index in [1.54, 1.807) is 6.26 Å². The van der Waals surface area contributed by atoms with Crippen molar-refractivity contribution in [3.05, 3.63) is 78.7 Å². The zero-order chi connectivity index (χ0) is 20.7. The highest BCUT2D eigenvalue weighted by molar-refractivity contribution is 7.99. The fourth-order valence-electron chi connectivity index (χ4n) is 4.88. The highest BCUT2D eigenvalue weighted by Gasteiger charge is 2.30. The zero-order valence-corrected chi connectivity index (χ0v) is 17.9. The summed E-state index contributed by atoms with van der Waals surface area (Å²) in [5.41, 5.74) is 6.74. The number of hydrogen-bond donors (Lipinski definition) is 0. The van der Waals surface area contributed by atoms with Gasteiger partial charge in [-0.2, -0.15) is 0 Å². The third kappa shape index (κ3) is 2.28. The van der Waals surface area contributed by atoms with Crippen LogP contribution >= 0.6 is 11.8 Å². The molecule has 0 saturated carbocycles. The van der Waals surface area contributed by atoms with Crippen molar-refractivity contribution in [2.45, 2.75) is 16.7 Å². The number of nitrogens with zero attached hydrogens (tertiary/aromatic N) is 1. The number of fused-ring (bicyclic) bond motifs is 6. The maximum atomic E-state index is 6.48. The van der Waals surface area contributed by atoms with Gasteiger partial charge in [0.15, 0.2) is 6.20 Å². The van der Waals surface area contributed by atoms with Gasteiger partial charge in [0, 0.05) is 37.6 Å². The van der Waals surface area contributed by atoms with Crippen LogP contribution in [-0.4, -0.2) is 0 Å². The molecule has 0 bridgehead atoms. The summed E-state index contributed by atoms with van der Waals surface area (Å²) < 4.78 is 14.3. The van der Waals surface area contributed by atoms with Crippen LogP contribution in [0, 0.1) is 6.92 Å². The first-order valence-corrected chi connectivity index (χ1v) is 11.1. The molecule has 0 fully saturated rings. The third-order valence-corrected chi connectivity index (χ3v) is 7.42. The highest BCUT2D eigenvalue weighted by Crippen LogP contribution is 2.50. The molecular weight excluding hydrogens is 402 g/mol. The lowest BCUT2D eigenvalue weighted by Gasteiger charge is -2.19. The molecule has 4 heteroatoms. The Morgan fingerprint density at radius 2 is 1.81 bits per heavy atom. The van der Waals surface area contributed by atoms with Gasteiger partial charge in [-0.1, -0.05) is 30.0 Å². The van der Waals surface area contributed by atoms with E-state index in [-0.39, 0.29) is 0 Å². The summed E-state index contributed by atoms with van der Waals surface area (Å²) in [7, 11) is 2.13. The Morgan fingerprint density at radius 3 is 2.68 bits per heavy atom. The van der Waals surface area contributed by atoms with E-state index in [1.165, 1.54) is 32.0 Å².